The van der Waals surface area contributed by atoms with Gasteiger partial charge in [0.05, 0.1) is 28.6 Å². The summed E-state index contributed by atoms with van der Waals surface area (Å²) in [6.07, 6.45) is 1.04. The molecule has 1 amide bonds. The van der Waals surface area contributed by atoms with E-state index in [0.717, 1.165) is 6.26 Å². The van der Waals surface area contributed by atoms with Crippen LogP contribution in [0, 0.1) is 5.82 Å². The molecule has 5 nitrogen and oxygen atoms in total. The van der Waals surface area contributed by atoms with Crippen LogP contribution in [0.2, 0.25) is 5.02 Å². The van der Waals surface area contributed by atoms with E-state index in [2.05, 4.69) is 5.32 Å². The smallest absolute Gasteiger partial charge is 0.253 e. The molecule has 2 rings (SSSR count). The first kappa shape index (κ1) is 19.2. The van der Waals surface area contributed by atoms with E-state index in [1.54, 1.807) is 13.0 Å². The topological polar surface area (TPSA) is 72.5 Å². The van der Waals surface area contributed by atoms with Crippen molar-refractivity contribution in [2.24, 2.45) is 0 Å². The van der Waals surface area contributed by atoms with Gasteiger partial charge in [-0.15, -0.1) is 0 Å². The second-order valence-electron chi connectivity index (χ2n) is 5.50. The molecule has 1 atom stereocenters. The number of methoxy groups -OCH3 is 1. The first-order valence-electron chi connectivity index (χ1n) is 7.27. The minimum absolute atomic E-state index is 0.00908. The number of carbonyl (C=O) groups excluding carboxylic acids is 1. The molecule has 2 aromatic carbocycles. The lowest BCUT2D eigenvalue weighted by molar-refractivity contribution is 0.0939. The van der Waals surface area contributed by atoms with Crippen LogP contribution < -0.4 is 10.1 Å². The molecule has 0 saturated carbocycles. The molecule has 0 spiro atoms. The number of benzene rings is 2. The van der Waals surface area contributed by atoms with Gasteiger partial charge in [-0.05, 0) is 42.8 Å². The first-order chi connectivity index (χ1) is 11.6. The van der Waals surface area contributed by atoms with Crippen LogP contribution in [0.15, 0.2) is 41.3 Å². The van der Waals surface area contributed by atoms with Crippen LogP contribution in [0.1, 0.15) is 28.9 Å². The normalized spacial score (nSPS) is 12.5. The molecule has 2 aromatic rings. The van der Waals surface area contributed by atoms with Gasteiger partial charge < -0.3 is 10.1 Å². The number of nitrogens with one attached hydrogen (secondary N) is 1. The van der Waals surface area contributed by atoms with Gasteiger partial charge >= 0.3 is 0 Å². The maximum atomic E-state index is 13.8. The summed E-state index contributed by atoms with van der Waals surface area (Å²) >= 11 is 6.00. The predicted molar refractivity (Wildman–Crippen MR) is 93.4 cm³/mol. The zero-order valence-electron chi connectivity index (χ0n) is 13.8. The van der Waals surface area contributed by atoms with Crippen molar-refractivity contribution >= 4 is 27.3 Å². The van der Waals surface area contributed by atoms with Crippen LogP contribution in [-0.2, 0) is 9.84 Å². The van der Waals surface area contributed by atoms with Crippen molar-refractivity contribution < 1.29 is 22.3 Å². The van der Waals surface area contributed by atoms with Gasteiger partial charge in [0, 0.05) is 6.26 Å². The fourth-order valence-corrected chi connectivity index (χ4v) is 3.07. The van der Waals surface area contributed by atoms with Gasteiger partial charge in [-0.3, -0.25) is 4.79 Å². The quantitative estimate of drug-likeness (QED) is 0.856. The van der Waals surface area contributed by atoms with Crippen molar-refractivity contribution in [3.63, 3.8) is 0 Å². The van der Waals surface area contributed by atoms with Gasteiger partial charge in [0.15, 0.2) is 21.4 Å². The molecule has 0 aliphatic carbocycles. The van der Waals surface area contributed by atoms with E-state index in [-0.39, 0.29) is 21.2 Å². The molecular formula is C17H17ClFNO4S. The monoisotopic (exact) mass is 385 g/mol. The van der Waals surface area contributed by atoms with E-state index in [0.29, 0.717) is 5.56 Å². The molecule has 0 aliphatic rings. The Morgan fingerprint density at radius 3 is 2.48 bits per heavy atom. The number of hydrogen-bond acceptors (Lipinski definition) is 4. The second kappa shape index (κ2) is 7.41. The van der Waals surface area contributed by atoms with Crippen molar-refractivity contribution in [3.05, 3.63) is 58.4 Å². The van der Waals surface area contributed by atoms with Gasteiger partial charge in [-0.2, -0.15) is 0 Å². The SMILES string of the molecule is COc1ccc([C@@H](C)NC(=O)c2cc(S(C)(=O)=O)ccc2Cl)cc1F. The summed E-state index contributed by atoms with van der Waals surface area (Å²) < 4.78 is 41.9. The van der Waals surface area contributed by atoms with Crippen molar-refractivity contribution in [1.29, 1.82) is 0 Å². The largest absolute Gasteiger partial charge is 0.494 e. The summed E-state index contributed by atoms with van der Waals surface area (Å²) in [5.74, 6) is -0.997. The Labute approximate surface area is 150 Å². The lowest BCUT2D eigenvalue weighted by Crippen LogP contribution is -2.27. The zero-order chi connectivity index (χ0) is 18.8. The number of ether oxygens (including phenoxy) is 1. The number of hydrogen-bond donors (Lipinski definition) is 1. The Kier molecular flexibility index (Phi) is 5.69. The summed E-state index contributed by atoms with van der Waals surface area (Å²) in [6.45, 7) is 1.67. The molecule has 0 aliphatic heterocycles. The van der Waals surface area contributed by atoms with E-state index < -0.39 is 27.6 Å². The lowest BCUT2D eigenvalue weighted by atomic mass is 10.1. The molecule has 134 valence electrons. The van der Waals surface area contributed by atoms with Gasteiger partial charge in [0.25, 0.3) is 5.91 Å². The number of carbonyl (C=O) groups is 1. The number of sulfone groups is 1. The van der Waals surface area contributed by atoms with Crippen molar-refractivity contribution in [3.8, 4) is 5.75 Å². The molecule has 0 radical (unpaired) electrons. The maximum Gasteiger partial charge on any atom is 0.253 e. The highest BCUT2D eigenvalue weighted by Gasteiger charge is 2.18. The molecule has 0 unspecified atom stereocenters. The van der Waals surface area contributed by atoms with Crippen molar-refractivity contribution in [1.82, 2.24) is 5.32 Å². The summed E-state index contributed by atoms with van der Waals surface area (Å²) in [5, 5.41) is 2.79. The highest BCUT2D eigenvalue weighted by Crippen LogP contribution is 2.24. The van der Waals surface area contributed by atoms with Crippen molar-refractivity contribution in [2.45, 2.75) is 17.9 Å². The van der Waals surface area contributed by atoms with Crippen LogP contribution in [-0.4, -0.2) is 27.7 Å². The van der Waals surface area contributed by atoms with Crippen LogP contribution in [0.5, 0.6) is 5.75 Å². The predicted octanol–water partition coefficient (Wildman–Crippen LogP) is 3.38. The highest BCUT2D eigenvalue weighted by molar-refractivity contribution is 7.90. The van der Waals surface area contributed by atoms with E-state index in [1.165, 1.54) is 37.4 Å². The van der Waals surface area contributed by atoms with Crippen LogP contribution in [0.4, 0.5) is 4.39 Å². The molecule has 0 fully saturated rings. The van der Waals surface area contributed by atoms with Crippen LogP contribution in [0.25, 0.3) is 0 Å². The third kappa shape index (κ3) is 4.49. The third-order valence-corrected chi connectivity index (χ3v) is 5.07. The van der Waals surface area contributed by atoms with Crippen molar-refractivity contribution in [2.75, 3.05) is 13.4 Å². The molecule has 25 heavy (non-hydrogen) atoms. The van der Waals surface area contributed by atoms with E-state index in [9.17, 15) is 17.6 Å². The van der Waals surface area contributed by atoms with Gasteiger partial charge in [0.2, 0.25) is 0 Å². The molecule has 0 bridgehead atoms. The fraction of sp³-hybridized carbons (Fsp3) is 0.235. The third-order valence-electron chi connectivity index (χ3n) is 3.63. The Balaban J connectivity index is 2.26. The fourth-order valence-electron chi connectivity index (χ4n) is 2.22. The van der Waals surface area contributed by atoms with Gasteiger partial charge in [-0.25, -0.2) is 12.8 Å². The molecular weight excluding hydrogens is 369 g/mol. The van der Waals surface area contributed by atoms with E-state index in [4.69, 9.17) is 16.3 Å². The van der Waals surface area contributed by atoms with Crippen LogP contribution >= 0.6 is 11.6 Å². The van der Waals surface area contributed by atoms with Crippen LogP contribution in [0.3, 0.4) is 0 Å². The summed E-state index contributed by atoms with van der Waals surface area (Å²) in [5.41, 5.74) is 0.562. The lowest BCUT2D eigenvalue weighted by Gasteiger charge is -2.16. The first-order valence-corrected chi connectivity index (χ1v) is 9.54. The highest BCUT2D eigenvalue weighted by atomic mass is 35.5. The Morgan fingerprint density at radius 1 is 1.24 bits per heavy atom. The number of rotatable bonds is 5. The minimum Gasteiger partial charge on any atom is -0.494 e. The Hall–Kier alpha value is -2.12. The summed E-state index contributed by atoms with van der Waals surface area (Å²) in [7, 11) is -2.11. The second-order valence-corrected chi connectivity index (χ2v) is 7.93. The van der Waals surface area contributed by atoms with Gasteiger partial charge in [-0.1, -0.05) is 17.7 Å². The zero-order valence-corrected chi connectivity index (χ0v) is 15.4. The number of amides is 1. The standard InChI is InChI=1S/C17H17ClFNO4S/c1-10(11-4-7-16(24-2)15(19)8-11)20-17(21)13-9-12(25(3,22)23)5-6-14(13)18/h4-10H,1-3H3,(H,20,21)/t10-/m1/s1. The molecule has 0 saturated heterocycles. The molecule has 0 aromatic heterocycles. The number of halogens is 2. The summed E-state index contributed by atoms with van der Waals surface area (Å²) in [6, 6.07) is 7.73. The minimum atomic E-state index is -3.47. The average Bonchev–Trinajstić information content (AvgIpc) is 2.53. The molecule has 8 heteroatoms. The Bertz CT molecular complexity index is 915. The average molecular weight is 386 g/mol. The Morgan fingerprint density at radius 2 is 1.92 bits per heavy atom. The van der Waals surface area contributed by atoms with E-state index >= 15 is 0 Å². The summed E-state index contributed by atoms with van der Waals surface area (Å²) in [4.78, 5) is 12.4. The van der Waals surface area contributed by atoms with E-state index in [1.807, 2.05) is 0 Å². The maximum absolute atomic E-state index is 13.8. The van der Waals surface area contributed by atoms with Gasteiger partial charge in [0.1, 0.15) is 0 Å². The molecule has 1 N–H and O–H groups in total. The molecule has 0 heterocycles.